The number of nitrogens with one attached hydrogen (secondary N) is 1. The molecule has 0 saturated heterocycles. The zero-order valence-electron chi connectivity index (χ0n) is 19.6. The van der Waals surface area contributed by atoms with E-state index in [-0.39, 0.29) is 28.4 Å². The van der Waals surface area contributed by atoms with E-state index in [0.717, 1.165) is 17.9 Å². The molecule has 34 heavy (non-hydrogen) atoms. The third-order valence-electron chi connectivity index (χ3n) is 6.20. The molecule has 2 N–H and O–H groups in total. The number of ketones is 2. The average molecular weight is 458 g/mol. The molecule has 1 aliphatic rings. The van der Waals surface area contributed by atoms with Gasteiger partial charge in [0.25, 0.3) is 0 Å². The lowest BCUT2D eigenvalue weighted by molar-refractivity contribution is 0.0977. The standard InChI is InChI=1S/C29H31NO4/c1-2-3-4-5-6-7-10-19-34-21-15-13-20(14-16-21)30-24-17-18-25(31)27-26(24)28(32)22-11-8-9-12-23(22)29(27)33/h8-9,11-18,30-31H,2-7,10,19H2,1H3. The zero-order chi connectivity index (χ0) is 23.9. The number of unbranched alkanes of at least 4 members (excludes halogenated alkanes) is 6. The second kappa shape index (κ2) is 11.0. The number of rotatable bonds is 11. The molecule has 0 heterocycles. The van der Waals surface area contributed by atoms with Gasteiger partial charge in [-0.3, -0.25) is 9.59 Å². The Balaban J connectivity index is 1.40. The molecule has 0 saturated carbocycles. The predicted molar refractivity (Wildman–Crippen MR) is 135 cm³/mol. The highest BCUT2D eigenvalue weighted by Gasteiger charge is 2.33. The maximum Gasteiger partial charge on any atom is 0.198 e. The SMILES string of the molecule is CCCCCCCCCOc1ccc(Nc2ccc(O)c3c2C(=O)c2ccccc2C3=O)cc1. The first-order chi connectivity index (χ1) is 16.6. The number of phenols is 1. The summed E-state index contributed by atoms with van der Waals surface area (Å²) >= 11 is 0. The first kappa shape index (κ1) is 23.6. The van der Waals surface area contributed by atoms with Crippen LogP contribution in [0.15, 0.2) is 60.7 Å². The van der Waals surface area contributed by atoms with Crippen molar-refractivity contribution >= 4 is 22.9 Å². The fourth-order valence-electron chi connectivity index (χ4n) is 4.35. The van der Waals surface area contributed by atoms with Crippen molar-refractivity contribution in [2.24, 2.45) is 0 Å². The lowest BCUT2D eigenvalue weighted by Crippen LogP contribution is -2.22. The first-order valence-corrected chi connectivity index (χ1v) is 12.1. The molecular weight excluding hydrogens is 426 g/mol. The van der Waals surface area contributed by atoms with Crippen LogP contribution in [0.2, 0.25) is 0 Å². The Morgan fingerprint density at radius 2 is 1.35 bits per heavy atom. The minimum atomic E-state index is -0.347. The van der Waals surface area contributed by atoms with Crippen LogP contribution in [0.3, 0.4) is 0 Å². The Morgan fingerprint density at radius 1 is 0.735 bits per heavy atom. The molecule has 5 heteroatoms. The number of anilines is 2. The molecule has 1 aliphatic carbocycles. The summed E-state index contributed by atoms with van der Waals surface area (Å²) in [5, 5.41) is 13.6. The summed E-state index contributed by atoms with van der Waals surface area (Å²) in [6.07, 6.45) is 8.70. The van der Waals surface area contributed by atoms with Crippen LogP contribution in [-0.2, 0) is 0 Å². The van der Waals surface area contributed by atoms with Crippen molar-refractivity contribution in [2.45, 2.75) is 51.9 Å². The van der Waals surface area contributed by atoms with Gasteiger partial charge in [-0.05, 0) is 42.8 Å². The molecule has 5 nitrogen and oxygen atoms in total. The molecule has 4 rings (SSSR count). The number of benzene rings is 3. The van der Waals surface area contributed by atoms with E-state index in [0.29, 0.717) is 23.4 Å². The van der Waals surface area contributed by atoms with Crippen molar-refractivity contribution in [3.63, 3.8) is 0 Å². The van der Waals surface area contributed by atoms with E-state index in [9.17, 15) is 14.7 Å². The molecule has 0 amide bonds. The number of hydrogen-bond donors (Lipinski definition) is 2. The van der Waals surface area contributed by atoms with Gasteiger partial charge in [0.05, 0.1) is 23.4 Å². The average Bonchev–Trinajstić information content (AvgIpc) is 2.86. The lowest BCUT2D eigenvalue weighted by Gasteiger charge is -2.21. The quantitative estimate of drug-likeness (QED) is 0.187. The number of carbonyl (C=O) groups is 2. The maximum atomic E-state index is 13.2. The van der Waals surface area contributed by atoms with Gasteiger partial charge >= 0.3 is 0 Å². The highest BCUT2D eigenvalue weighted by Crippen LogP contribution is 2.38. The van der Waals surface area contributed by atoms with Crippen molar-refractivity contribution in [1.29, 1.82) is 0 Å². The van der Waals surface area contributed by atoms with Crippen LogP contribution in [0, 0.1) is 0 Å². The minimum Gasteiger partial charge on any atom is -0.507 e. The molecule has 0 aliphatic heterocycles. The van der Waals surface area contributed by atoms with Crippen molar-refractivity contribution in [2.75, 3.05) is 11.9 Å². The number of carbonyl (C=O) groups excluding carboxylic acids is 2. The molecular formula is C29H31NO4. The van der Waals surface area contributed by atoms with Crippen LogP contribution in [0.5, 0.6) is 11.5 Å². The molecule has 0 unspecified atom stereocenters. The van der Waals surface area contributed by atoms with E-state index in [2.05, 4.69) is 12.2 Å². The monoisotopic (exact) mass is 457 g/mol. The fraction of sp³-hybridized carbons (Fsp3) is 0.310. The Hall–Kier alpha value is -3.60. The van der Waals surface area contributed by atoms with E-state index >= 15 is 0 Å². The molecule has 0 spiro atoms. The topological polar surface area (TPSA) is 75.6 Å². The molecule has 176 valence electrons. The molecule has 0 atom stereocenters. The van der Waals surface area contributed by atoms with E-state index in [1.165, 1.54) is 44.6 Å². The first-order valence-electron chi connectivity index (χ1n) is 12.1. The van der Waals surface area contributed by atoms with Gasteiger partial charge in [0.1, 0.15) is 11.5 Å². The zero-order valence-corrected chi connectivity index (χ0v) is 19.6. The summed E-state index contributed by atoms with van der Waals surface area (Å²) in [6.45, 7) is 2.93. The van der Waals surface area contributed by atoms with E-state index in [1.807, 2.05) is 24.3 Å². The third kappa shape index (κ3) is 5.14. The van der Waals surface area contributed by atoms with Crippen LogP contribution in [-0.4, -0.2) is 23.3 Å². The van der Waals surface area contributed by atoms with Gasteiger partial charge in [-0.15, -0.1) is 0 Å². The largest absolute Gasteiger partial charge is 0.507 e. The summed E-state index contributed by atoms with van der Waals surface area (Å²) in [7, 11) is 0. The van der Waals surface area contributed by atoms with Gasteiger partial charge in [0, 0.05) is 16.8 Å². The molecule has 3 aromatic rings. The number of aromatic hydroxyl groups is 1. The summed E-state index contributed by atoms with van der Waals surface area (Å²) in [6, 6.07) is 17.3. The Labute approximate surface area is 200 Å². The van der Waals surface area contributed by atoms with Crippen molar-refractivity contribution in [3.05, 3.63) is 82.9 Å². The normalized spacial score (nSPS) is 12.3. The Kier molecular flexibility index (Phi) is 7.63. The number of phenolic OH excluding ortho intramolecular Hbond substituents is 1. The summed E-state index contributed by atoms with van der Waals surface area (Å²) < 4.78 is 5.86. The van der Waals surface area contributed by atoms with Crippen LogP contribution < -0.4 is 10.1 Å². The smallest absolute Gasteiger partial charge is 0.198 e. The Bertz CT molecular complexity index is 1170. The van der Waals surface area contributed by atoms with Gasteiger partial charge in [-0.1, -0.05) is 69.7 Å². The van der Waals surface area contributed by atoms with Gasteiger partial charge < -0.3 is 15.2 Å². The van der Waals surface area contributed by atoms with Crippen molar-refractivity contribution in [1.82, 2.24) is 0 Å². The van der Waals surface area contributed by atoms with Crippen LogP contribution in [0.1, 0.15) is 83.7 Å². The molecule has 0 aromatic heterocycles. The third-order valence-corrected chi connectivity index (χ3v) is 6.20. The van der Waals surface area contributed by atoms with Crippen LogP contribution in [0.4, 0.5) is 11.4 Å². The van der Waals surface area contributed by atoms with Gasteiger partial charge in [0.15, 0.2) is 11.6 Å². The molecule has 0 radical (unpaired) electrons. The van der Waals surface area contributed by atoms with Gasteiger partial charge in [-0.2, -0.15) is 0 Å². The van der Waals surface area contributed by atoms with Crippen LogP contribution >= 0.6 is 0 Å². The number of fused-ring (bicyclic) bond motifs is 2. The Morgan fingerprint density at radius 3 is 2.03 bits per heavy atom. The van der Waals surface area contributed by atoms with Gasteiger partial charge in [0.2, 0.25) is 0 Å². The summed E-state index contributed by atoms with van der Waals surface area (Å²) in [5.41, 5.74) is 2.15. The second-order valence-corrected chi connectivity index (χ2v) is 8.71. The van der Waals surface area contributed by atoms with E-state index in [4.69, 9.17) is 4.74 Å². The molecule has 0 bridgehead atoms. The highest BCUT2D eigenvalue weighted by atomic mass is 16.5. The summed E-state index contributed by atoms with van der Waals surface area (Å²) in [4.78, 5) is 26.2. The minimum absolute atomic E-state index is 0.0448. The summed E-state index contributed by atoms with van der Waals surface area (Å²) in [5.74, 6) is -0.0225. The van der Waals surface area contributed by atoms with Crippen molar-refractivity contribution < 1.29 is 19.4 Å². The van der Waals surface area contributed by atoms with E-state index < -0.39 is 0 Å². The predicted octanol–water partition coefficient (Wildman–Crippen LogP) is 7.04. The fourth-order valence-corrected chi connectivity index (χ4v) is 4.35. The maximum absolute atomic E-state index is 13.2. The molecule has 3 aromatic carbocycles. The van der Waals surface area contributed by atoms with Gasteiger partial charge in [-0.25, -0.2) is 0 Å². The van der Waals surface area contributed by atoms with Crippen LogP contribution in [0.25, 0.3) is 0 Å². The number of ether oxygens (including phenoxy) is 1. The van der Waals surface area contributed by atoms with Crippen molar-refractivity contribution in [3.8, 4) is 11.5 Å². The molecule has 0 fully saturated rings. The second-order valence-electron chi connectivity index (χ2n) is 8.71. The lowest BCUT2D eigenvalue weighted by atomic mass is 9.82. The number of hydrogen-bond acceptors (Lipinski definition) is 5. The highest BCUT2D eigenvalue weighted by molar-refractivity contribution is 6.31. The van der Waals surface area contributed by atoms with E-state index in [1.54, 1.807) is 30.3 Å².